The lowest BCUT2D eigenvalue weighted by Gasteiger charge is -2.37. The molecule has 3 heteroatoms. The number of nitrogens with two attached hydrogens (primary N) is 1. The monoisotopic (exact) mass is 271 g/mol. The van der Waals surface area contributed by atoms with Gasteiger partial charge in [-0.15, -0.1) is 0 Å². The third kappa shape index (κ3) is 2.78. The average molecular weight is 272 g/mol. The number of halogens is 2. The summed E-state index contributed by atoms with van der Waals surface area (Å²) in [5, 5.41) is 1.20. The van der Waals surface area contributed by atoms with E-state index in [9.17, 15) is 0 Å². The predicted molar refractivity (Wildman–Crippen MR) is 74.6 cm³/mol. The Morgan fingerprint density at radius 3 is 2.41 bits per heavy atom. The van der Waals surface area contributed by atoms with Crippen LogP contribution in [0.15, 0.2) is 18.2 Å². The van der Waals surface area contributed by atoms with E-state index >= 15 is 0 Å². The zero-order valence-electron chi connectivity index (χ0n) is 10.2. The van der Waals surface area contributed by atoms with Crippen molar-refractivity contribution in [3.63, 3.8) is 0 Å². The van der Waals surface area contributed by atoms with Gasteiger partial charge >= 0.3 is 0 Å². The van der Waals surface area contributed by atoms with Crippen LogP contribution in [0.2, 0.25) is 10.0 Å². The summed E-state index contributed by atoms with van der Waals surface area (Å²) in [6, 6.07) is 5.79. The van der Waals surface area contributed by atoms with Gasteiger partial charge in [0.2, 0.25) is 0 Å². The van der Waals surface area contributed by atoms with Crippen molar-refractivity contribution in [3.05, 3.63) is 33.8 Å². The van der Waals surface area contributed by atoms with E-state index in [0.29, 0.717) is 10.0 Å². The standard InChI is InChI=1S/C14H19Cl2N/c1-2-10-5-7-14(17,8-6-10)11-3-4-12(15)13(16)9-11/h3-4,9-10H,2,5-8,17H2,1H3. The first-order valence-electron chi connectivity index (χ1n) is 6.29. The molecule has 17 heavy (non-hydrogen) atoms. The van der Waals surface area contributed by atoms with E-state index in [1.165, 1.54) is 19.3 Å². The molecule has 1 aromatic carbocycles. The Morgan fingerprint density at radius 1 is 1.24 bits per heavy atom. The van der Waals surface area contributed by atoms with Crippen LogP contribution in [0.5, 0.6) is 0 Å². The highest BCUT2D eigenvalue weighted by molar-refractivity contribution is 6.42. The van der Waals surface area contributed by atoms with E-state index in [-0.39, 0.29) is 5.54 Å². The fraction of sp³-hybridized carbons (Fsp3) is 0.571. The van der Waals surface area contributed by atoms with E-state index in [0.717, 1.165) is 24.3 Å². The van der Waals surface area contributed by atoms with Crippen molar-refractivity contribution in [2.45, 2.75) is 44.6 Å². The molecule has 1 saturated carbocycles. The molecule has 1 fully saturated rings. The highest BCUT2D eigenvalue weighted by atomic mass is 35.5. The molecule has 1 aromatic rings. The van der Waals surface area contributed by atoms with Crippen LogP contribution in [0, 0.1) is 5.92 Å². The molecular weight excluding hydrogens is 253 g/mol. The van der Waals surface area contributed by atoms with Gasteiger partial charge < -0.3 is 5.73 Å². The smallest absolute Gasteiger partial charge is 0.0595 e. The van der Waals surface area contributed by atoms with Crippen LogP contribution in [0.3, 0.4) is 0 Å². The number of benzene rings is 1. The molecule has 0 spiro atoms. The molecule has 0 heterocycles. The summed E-state index contributed by atoms with van der Waals surface area (Å²) >= 11 is 12.0. The minimum Gasteiger partial charge on any atom is -0.321 e. The van der Waals surface area contributed by atoms with Crippen molar-refractivity contribution in [2.75, 3.05) is 0 Å². The first-order valence-corrected chi connectivity index (χ1v) is 7.05. The molecule has 0 bridgehead atoms. The van der Waals surface area contributed by atoms with E-state index in [1.54, 1.807) is 0 Å². The zero-order chi connectivity index (χ0) is 12.5. The van der Waals surface area contributed by atoms with Crippen LogP contribution in [0.25, 0.3) is 0 Å². The molecule has 1 aliphatic carbocycles. The first-order chi connectivity index (χ1) is 8.05. The van der Waals surface area contributed by atoms with Crippen molar-refractivity contribution < 1.29 is 0 Å². The molecule has 2 N–H and O–H groups in total. The van der Waals surface area contributed by atoms with Crippen LogP contribution >= 0.6 is 23.2 Å². The van der Waals surface area contributed by atoms with Crippen molar-refractivity contribution in [2.24, 2.45) is 11.7 Å². The van der Waals surface area contributed by atoms with Crippen molar-refractivity contribution >= 4 is 23.2 Å². The normalized spacial score (nSPS) is 29.3. The van der Waals surface area contributed by atoms with Crippen molar-refractivity contribution in [3.8, 4) is 0 Å². The predicted octanol–water partition coefficient (Wildman–Crippen LogP) is 4.75. The quantitative estimate of drug-likeness (QED) is 0.826. The average Bonchev–Trinajstić information content (AvgIpc) is 2.33. The van der Waals surface area contributed by atoms with Gasteiger partial charge in [-0.05, 0) is 49.3 Å². The van der Waals surface area contributed by atoms with Gasteiger partial charge in [-0.25, -0.2) is 0 Å². The molecule has 1 aliphatic rings. The molecule has 0 atom stereocenters. The van der Waals surface area contributed by atoms with Gasteiger partial charge in [-0.2, -0.15) is 0 Å². The Labute approximate surface area is 113 Å². The molecular formula is C14H19Cl2N. The SMILES string of the molecule is CCC1CCC(N)(c2ccc(Cl)c(Cl)c2)CC1. The fourth-order valence-corrected chi connectivity index (χ4v) is 2.99. The highest BCUT2D eigenvalue weighted by Crippen LogP contribution is 2.40. The van der Waals surface area contributed by atoms with Crippen LogP contribution < -0.4 is 5.73 Å². The topological polar surface area (TPSA) is 26.0 Å². The van der Waals surface area contributed by atoms with Crippen molar-refractivity contribution in [1.82, 2.24) is 0 Å². The van der Waals surface area contributed by atoms with Gasteiger partial charge in [0.25, 0.3) is 0 Å². The summed E-state index contributed by atoms with van der Waals surface area (Å²) in [5.74, 6) is 0.842. The fourth-order valence-electron chi connectivity index (χ4n) is 2.70. The van der Waals surface area contributed by atoms with Crippen LogP contribution in [0.4, 0.5) is 0 Å². The molecule has 0 aromatic heterocycles. The first kappa shape index (κ1) is 13.2. The molecule has 1 nitrogen and oxygen atoms in total. The van der Waals surface area contributed by atoms with E-state index in [2.05, 4.69) is 6.92 Å². The maximum absolute atomic E-state index is 6.51. The molecule has 0 radical (unpaired) electrons. The number of rotatable bonds is 2. The largest absolute Gasteiger partial charge is 0.321 e. The van der Waals surface area contributed by atoms with Gasteiger partial charge in [0.15, 0.2) is 0 Å². The third-order valence-electron chi connectivity index (χ3n) is 4.07. The summed E-state index contributed by atoms with van der Waals surface area (Å²) in [6.45, 7) is 2.26. The van der Waals surface area contributed by atoms with E-state index in [4.69, 9.17) is 28.9 Å². The summed E-state index contributed by atoms with van der Waals surface area (Å²) in [7, 11) is 0. The molecule has 94 valence electrons. The molecule has 0 amide bonds. The lowest BCUT2D eigenvalue weighted by molar-refractivity contribution is 0.232. The third-order valence-corrected chi connectivity index (χ3v) is 4.81. The lowest BCUT2D eigenvalue weighted by atomic mass is 9.73. The Balaban J connectivity index is 2.18. The van der Waals surface area contributed by atoms with Crippen LogP contribution in [-0.2, 0) is 5.54 Å². The second-order valence-corrected chi connectivity index (χ2v) is 5.95. The highest BCUT2D eigenvalue weighted by Gasteiger charge is 2.32. The van der Waals surface area contributed by atoms with Crippen LogP contribution in [-0.4, -0.2) is 0 Å². The second kappa shape index (κ2) is 5.17. The molecule has 0 aliphatic heterocycles. The van der Waals surface area contributed by atoms with Crippen LogP contribution in [0.1, 0.15) is 44.6 Å². The maximum atomic E-state index is 6.51. The number of hydrogen-bond acceptors (Lipinski definition) is 1. The number of hydrogen-bond donors (Lipinski definition) is 1. The van der Waals surface area contributed by atoms with Gasteiger partial charge in [-0.3, -0.25) is 0 Å². The van der Waals surface area contributed by atoms with E-state index in [1.807, 2.05) is 18.2 Å². The Morgan fingerprint density at radius 2 is 1.88 bits per heavy atom. The lowest BCUT2D eigenvalue weighted by Crippen LogP contribution is -2.40. The molecule has 2 rings (SSSR count). The maximum Gasteiger partial charge on any atom is 0.0595 e. The summed E-state index contributed by atoms with van der Waals surface area (Å²) < 4.78 is 0. The zero-order valence-corrected chi connectivity index (χ0v) is 11.7. The van der Waals surface area contributed by atoms with Gasteiger partial charge in [-0.1, -0.05) is 42.6 Å². The Hall–Kier alpha value is -0.240. The molecule has 0 saturated heterocycles. The Bertz CT molecular complexity index is 395. The summed E-state index contributed by atoms with van der Waals surface area (Å²) in [5.41, 5.74) is 7.43. The van der Waals surface area contributed by atoms with Crippen molar-refractivity contribution in [1.29, 1.82) is 0 Å². The second-order valence-electron chi connectivity index (χ2n) is 5.14. The molecule has 0 unspecified atom stereocenters. The van der Waals surface area contributed by atoms with Gasteiger partial charge in [0.05, 0.1) is 10.0 Å². The van der Waals surface area contributed by atoms with Gasteiger partial charge in [0, 0.05) is 5.54 Å². The van der Waals surface area contributed by atoms with E-state index < -0.39 is 0 Å². The summed E-state index contributed by atoms with van der Waals surface area (Å²) in [4.78, 5) is 0. The minimum absolute atomic E-state index is 0.208. The van der Waals surface area contributed by atoms with Gasteiger partial charge in [0.1, 0.15) is 0 Å². The Kier molecular flexibility index (Phi) is 4.02. The minimum atomic E-state index is -0.208. The summed E-state index contributed by atoms with van der Waals surface area (Å²) in [6.07, 6.45) is 5.78.